The molecule has 1 heterocycles. The average molecular weight is 967 g/mol. The minimum atomic E-state index is -1.89. The quantitative estimate of drug-likeness (QED) is 0.0386. The van der Waals surface area contributed by atoms with Gasteiger partial charge < -0.3 is 63.2 Å². The predicted octanol–water partition coefficient (Wildman–Crippen LogP) is -0.0177. The molecule has 2 rings (SSSR count). The number of likely N-dealkylation sites (N-methyl/N-ethyl adjacent to an activating group) is 1. The summed E-state index contributed by atoms with van der Waals surface area (Å²) in [6, 6.07) is 1.05. The van der Waals surface area contributed by atoms with Gasteiger partial charge in [-0.1, -0.05) is 88.4 Å². The minimum absolute atomic E-state index is 0.0163. The van der Waals surface area contributed by atoms with Crippen molar-refractivity contribution in [1.29, 1.82) is 0 Å². The van der Waals surface area contributed by atoms with Crippen LogP contribution in [-0.4, -0.2) is 137 Å². The van der Waals surface area contributed by atoms with Crippen molar-refractivity contribution in [2.45, 2.75) is 122 Å². The van der Waals surface area contributed by atoms with E-state index in [1.165, 1.54) is 33.9 Å². The van der Waals surface area contributed by atoms with Crippen molar-refractivity contribution in [3.63, 3.8) is 0 Å². The molecule has 22 heteroatoms. The molecule has 0 saturated carbocycles. The van der Waals surface area contributed by atoms with Crippen LogP contribution in [0.25, 0.3) is 0 Å². The molecule has 0 bridgehead atoms. The number of carbonyl (C=O) groups is 9. The molecule has 7 amide bonds. The maximum Gasteiger partial charge on any atom is 0.327 e. The highest BCUT2D eigenvalue weighted by molar-refractivity contribution is 6.00. The lowest BCUT2D eigenvalue weighted by atomic mass is 9.94. The zero-order chi connectivity index (χ0) is 52.1. The first-order valence-electron chi connectivity index (χ1n) is 22.6. The van der Waals surface area contributed by atoms with Crippen LogP contribution in [0, 0.1) is 17.8 Å². The molecule has 1 fully saturated rings. The van der Waals surface area contributed by atoms with Gasteiger partial charge in [-0.15, -0.1) is 0 Å². The molecular formula is C47H70N10O12. The maximum atomic E-state index is 14.0. The van der Waals surface area contributed by atoms with E-state index in [9.17, 15) is 53.4 Å². The molecule has 10 atom stereocenters. The second-order valence-corrected chi connectivity index (χ2v) is 17.0. The first kappa shape index (κ1) is 58.0. The summed E-state index contributed by atoms with van der Waals surface area (Å²) in [7, 11) is 2.82. The zero-order valence-electron chi connectivity index (χ0n) is 40.6. The standard InChI is InChI=1S/C47H70N10O12/c1-10-32-43(63)53-33(19-18-25(2)23-26(3)36(69-9)24-31-15-12-11-13-16-31)27(4)39(59)55-35(45(65)66)20-21-37(58)57(8)30(7)42(62)51-29(6)41(61)54-34(17-14-22-50-47(48)49)44(64)56-38(46(67)68)28(5)40(60)52-32/h11-13,15-16,18-19,23,26-29,32-36,38H,7,10,14,17,20-22,24H2,1-6,8-9H3,(H,51,62)(H,52,60)(H,53,63)(H,54,61)(H,55,59)(H,56,64)(H,65,66)(H,67,68)(H4,48,49,50). The number of guanidine groups is 1. The Morgan fingerprint density at radius 1 is 0.870 bits per heavy atom. The minimum Gasteiger partial charge on any atom is -0.480 e. The highest BCUT2D eigenvalue weighted by Gasteiger charge is 2.37. The predicted molar refractivity (Wildman–Crippen MR) is 255 cm³/mol. The van der Waals surface area contributed by atoms with Gasteiger partial charge in [0.2, 0.25) is 35.4 Å². The summed E-state index contributed by atoms with van der Waals surface area (Å²) in [6.07, 6.45) is 4.63. The van der Waals surface area contributed by atoms with Crippen LogP contribution in [0.3, 0.4) is 0 Å². The molecule has 0 radical (unpaired) electrons. The van der Waals surface area contributed by atoms with E-state index < -0.39 is 120 Å². The number of methoxy groups -OCH3 is 1. The molecule has 0 aromatic heterocycles. The lowest BCUT2D eigenvalue weighted by Gasteiger charge is -2.28. The first-order chi connectivity index (χ1) is 32.4. The van der Waals surface area contributed by atoms with E-state index in [0.717, 1.165) is 16.0 Å². The monoisotopic (exact) mass is 967 g/mol. The van der Waals surface area contributed by atoms with Gasteiger partial charge in [0.25, 0.3) is 5.91 Å². The van der Waals surface area contributed by atoms with Crippen LogP contribution in [0.2, 0.25) is 0 Å². The SMILES string of the molecule is C=C1C(=O)NC(C)C(=O)NC(CCCN=C(N)N)C(=O)NC(C(=O)O)C(C)C(=O)NC(CC)C(=O)NC(C=CC(C)=CC(C)C(Cc2ccccc2)OC)C(C)C(=O)NC(C(=O)O)CCC(=O)N1C. The molecule has 1 aromatic rings. The molecule has 12 N–H and O–H groups in total. The Hall–Kier alpha value is -7.10. The third kappa shape index (κ3) is 18.8. The summed E-state index contributed by atoms with van der Waals surface area (Å²) in [5.74, 6) is -12.3. The Balaban J connectivity index is 2.62. The highest BCUT2D eigenvalue weighted by atomic mass is 16.5. The highest BCUT2D eigenvalue weighted by Crippen LogP contribution is 2.19. The Morgan fingerprint density at radius 2 is 1.48 bits per heavy atom. The number of ether oxygens (including phenoxy) is 1. The van der Waals surface area contributed by atoms with Gasteiger partial charge in [0.05, 0.1) is 24.0 Å². The van der Waals surface area contributed by atoms with Crippen LogP contribution in [0.15, 0.2) is 71.4 Å². The second-order valence-electron chi connectivity index (χ2n) is 17.0. The second kappa shape index (κ2) is 28.3. The van der Waals surface area contributed by atoms with Gasteiger partial charge in [-0.05, 0) is 51.5 Å². The lowest BCUT2D eigenvalue weighted by molar-refractivity contribution is -0.146. The van der Waals surface area contributed by atoms with Crippen molar-refractivity contribution in [2.24, 2.45) is 34.2 Å². The fourth-order valence-electron chi connectivity index (χ4n) is 7.11. The molecule has 1 aliphatic rings. The van der Waals surface area contributed by atoms with E-state index in [0.29, 0.717) is 6.42 Å². The first-order valence-corrected chi connectivity index (χ1v) is 22.6. The number of nitrogens with two attached hydrogens (primary N) is 2. The van der Waals surface area contributed by atoms with E-state index in [-0.39, 0.29) is 43.8 Å². The van der Waals surface area contributed by atoms with E-state index in [1.54, 1.807) is 27.0 Å². The molecule has 0 aliphatic carbocycles. The number of carbonyl (C=O) groups excluding carboxylic acids is 7. The number of aliphatic imine (C=N–C) groups is 1. The van der Waals surface area contributed by atoms with Crippen molar-refractivity contribution in [1.82, 2.24) is 36.8 Å². The van der Waals surface area contributed by atoms with Crippen molar-refractivity contribution in [2.75, 3.05) is 20.7 Å². The van der Waals surface area contributed by atoms with Crippen LogP contribution in [0.5, 0.6) is 0 Å². The topological polar surface area (TPSA) is 343 Å². The molecule has 69 heavy (non-hydrogen) atoms. The number of amides is 7. The smallest absolute Gasteiger partial charge is 0.327 e. The van der Waals surface area contributed by atoms with Gasteiger partial charge in [0.1, 0.15) is 35.9 Å². The van der Waals surface area contributed by atoms with Crippen molar-refractivity contribution < 1.29 is 58.1 Å². The van der Waals surface area contributed by atoms with Crippen LogP contribution in [-0.2, 0) is 54.3 Å². The number of nitrogens with zero attached hydrogens (tertiary/aromatic N) is 2. The average Bonchev–Trinajstić information content (AvgIpc) is 3.30. The Bertz CT molecular complexity index is 2110. The third-order valence-electron chi connectivity index (χ3n) is 11.7. The number of rotatable bonds is 14. The molecule has 1 aromatic carbocycles. The zero-order valence-corrected chi connectivity index (χ0v) is 40.6. The van der Waals surface area contributed by atoms with E-state index in [4.69, 9.17) is 16.2 Å². The number of nitrogens with one attached hydrogen (secondary N) is 6. The third-order valence-corrected chi connectivity index (χ3v) is 11.7. The lowest BCUT2D eigenvalue weighted by Crippen LogP contribution is -2.58. The summed E-state index contributed by atoms with van der Waals surface area (Å²) in [4.78, 5) is 125. The summed E-state index contributed by atoms with van der Waals surface area (Å²) < 4.78 is 5.79. The van der Waals surface area contributed by atoms with Crippen molar-refractivity contribution >= 4 is 59.2 Å². The molecular weight excluding hydrogens is 897 g/mol. The molecule has 10 unspecified atom stereocenters. The Morgan fingerprint density at radius 3 is 2.06 bits per heavy atom. The van der Waals surface area contributed by atoms with Gasteiger partial charge in [-0.2, -0.15) is 0 Å². The summed E-state index contributed by atoms with van der Waals surface area (Å²) >= 11 is 0. The Kier molecular flexibility index (Phi) is 23.8. The fourth-order valence-corrected chi connectivity index (χ4v) is 7.11. The van der Waals surface area contributed by atoms with Gasteiger partial charge in [0.15, 0.2) is 5.96 Å². The number of hydrogen-bond acceptors (Lipinski definition) is 11. The molecule has 1 saturated heterocycles. The normalized spacial score (nSPS) is 25.6. The van der Waals surface area contributed by atoms with E-state index in [1.807, 2.05) is 43.3 Å². The van der Waals surface area contributed by atoms with Crippen LogP contribution >= 0.6 is 0 Å². The number of carboxylic acids is 2. The van der Waals surface area contributed by atoms with Gasteiger partial charge in [-0.25, -0.2) is 9.59 Å². The molecule has 0 spiro atoms. The number of allylic oxidation sites excluding steroid dienone is 2. The molecule has 22 nitrogen and oxygen atoms in total. The maximum absolute atomic E-state index is 14.0. The number of benzene rings is 1. The fraction of sp³-hybridized carbons (Fsp3) is 0.532. The van der Waals surface area contributed by atoms with Gasteiger partial charge >= 0.3 is 11.9 Å². The summed E-state index contributed by atoms with van der Waals surface area (Å²) in [6.45, 7) is 12.9. The van der Waals surface area contributed by atoms with E-state index in [2.05, 4.69) is 43.5 Å². The Labute approximate surface area is 402 Å². The number of hydrogen-bond donors (Lipinski definition) is 10. The van der Waals surface area contributed by atoms with Crippen LogP contribution in [0.1, 0.15) is 79.2 Å². The van der Waals surface area contributed by atoms with Crippen LogP contribution in [0.4, 0.5) is 0 Å². The van der Waals surface area contributed by atoms with Gasteiger partial charge in [0, 0.05) is 33.0 Å². The molecule has 380 valence electrons. The largest absolute Gasteiger partial charge is 0.480 e. The number of aliphatic carboxylic acids is 2. The number of carboxylic acid groups (broad SMARTS) is 2. The van der Waals surface area contributed by atoms with Crippen molar-refractivity contribution in [3.8, 4) is 0 Å². The summed E-state index contributed by atoms with van der Waals surface area (Å²) in [5.41, 5.74) is 12.2. The molecule has 1 aliphatic heterocycles. The van der Waals surface area contributed by atoms with Crippen LogP contribution < -0.4 is 43.4 Å². The van der Waals surface area contributed by atoms with E-state index >= 15 is 0 Å². The summed E-state index contributed by atoms with van der Waals surface area (Å²) in [5, 5.41) is 35.2. The van der Waals surface area contributed by atoms with Gasteiger partial charge in [-0.3, -0.25) is 38.6 Å². The van der Waals surface area contributed by atoms with Crippen molar-refractivity contribution in [3.05, 3.63) is 72.0 Å².